The van der Waals surface area contributed by atoms with Crippen molar-refractivity contribution in [1.29, 1.82) is 0 Å². The van der Waals surface area contributed by atoms with Crippen LogP contribution in [0.3, 0.4) is 0 Å². The van der Waals surface area contributed by atoms with Crippen molar-refractivity contribution in [3.8, 4) is 0 Å². The summed E-state index contributed by atoms with van der Waals surface area (Å²) in [7, 11) is 1.83. The van der Waals surface area contributed by atoms with Crippen LogP contribution in [0, 0.1) is 0 Å². The summed E-state index contributed by atoms with van der Waals surface area (Å²) >= 11 is 0. The van der Waals surface area contributed by atoms with Gasteiger partial charge in [-0.2, -0.15) is 0 Å². The van der Waals surface area contributed by atoms with E-state index in [4.69, 9.17) is 4.42 Å². The highest BCUT2D eigenvalue weighted by Gasteiger charge is 2.34. The molecule has 0 bridgehead atoms. The molecule has 0 saturated carbocycles. The van der Waals surface area contributed by atoms with Gasteiger partial charge in [-0.25, -0.2) is 0 Å². The molecule has 1 amide bonds. The minimum Gasteiger partial charge on any atom is -0.468 e. The summed E-state index contributed by atoms with van der Waals surface area (Å²) in [4.78, 5) is 16.3. The first-order valence-electron chi connectivity index (χ1n) is 6.77. The highest BCUT2D eigenvalue weighted by molar-refractivity contribution is 5.82. The molecule has 5 heteroatoms. The minimum absolute atomic E-state index is 0.0195. The Morgan fingerprint density at radius 2 is 2.32 bits per heavy atom. The maximum atomic E-state index is 12.4. The summed E-state index contributed by atoms with van der Waals surface area (Å²) in [6.07, 6.45) is 3.05. The van der Waals surface area contributed by atoms with E-state index in [2.05, 4.69) is 11.8 Å². The van der Waals surface area contributed by atoms with Gasteiger partial charge in [-0.3, -0.25) is 9.69 Å². The van der Waals surface area contributed by atoms with Crippen LogP contribution in [0.25, 0.3) is 0 Å². The Morgan fingerprint density at radius 1 is 1.53 bits per heavy atom. The van der Waals surface area contributed by atoms with E-state index in [0.717, 1.165) is 18.7 Å². The van der Waals surface area contributed by atoms with E-state index in [-0.39, 0.29) is 24.6 Å². The van der Waals surface area contributed by atoms with E-state index >= 15 is 0 Å². The second kappa shape index (κ2) is 6.21. The van der Waals surface area contributed by atoms with Gasteiger partial charge in [0.25, 0.3) is 0 Å². The van der Waals surface area contributed by atoms with Crippen LogP contribution in [-0.2, 0) is 11.3 Å². The molecule has 1 N–H and O–H groups in total. The van der Waals surface area contributed by atoms with E-state index in [1.807, 2.05) is 19.2 Å². The lowest BCUT2D eigenvalue weighted by atomic mass is 10.1. The van der Waals surface area contributed by atoms with Gasteiger partial charge in [-0.1, -0.05) is 0 Å². The second-order valence-electron chi connectivity index (χ2n) is 5.18. The Labute approximate surface area is 113 Å². The zero-order chi connectivity index (χ0) is 13.8. The number of aliphatic hydroxyl groups excluding tert-OH is 1. The van der Waals surface area contributed by atoms with Crippen molar-refractivity contribution in [2.75, 3.05) is 20.2 Å². The Kier molecular flexibility index (Phi) is 4.61. The van der Waals surface area contributed by atoms with Gasteiger partial charge in [0.1, 0.15) is 5.76 Å². The lowest BCUT2D eigenvalue weighted by Gasteiger charge is -2.32. The second-order valence-corrected chi connectivity index (χ2v) is 5.18. The van der Waals surface area contributed by atoms with Gasteiger partial charge in [0.2, 0.25) is 5.91 Å². The van der Waals surface area contributed by atoms with Crippen molar-refractivity contribution in [2.45, 2.75) is 38.4 Å². The van der Waals surface area contributed by atoms with Crippen LogP contribution in [0.1, 0.15) is 25.5 Å². The number of likely N-dealkylation sites (N-methyl/N-ethyl adjacent to an activating group) is 1. The Morgan fingerprint density at radius 3 is 2.95 bits per heavy atom. The summed E-state index contributed by atoms with van der Waals surface area (Å²) in [5, 5.41) is 9.22. The molecule has 1 fully saturated rings. The highest BCUT2D eigenvalue weighted by atomic mass is 16.3. The van der Waals surface area contributed by atoms with Crippen molar-refractivity contribution in [3.63, 3.8) is 0 Å². The molecular weight excluding hydrogens is 244 g/mol. The molecule has 0 spiro atoms. The third-order valence-corrected chi connectivity index (χ3v) is 3.83. The number of amides is 1. The van der Waals surface area contributed by atoms with Crippen molar-refractivity contribution in [3.05, 3.63) is 24.2 Å². The van der Waals surface area contributed by atoms with Crippen molar-refractivity contribution >= 4 is 5.91 Å². The lowest BCUT2D eigenvalue weighted by Crippen LogP contribution is -2.47. The largest absolute Gasteiger partial charge is 0.468 e. The predicted octanol–water partition coefficient (Wildman–Crippen LogP) is 1.08. The average Bonchev–Trinajstić information content (AvgIpc) is 2.88. The van der Waals surface area contributed by atoms with Crippen molar-refractivity contribution < 1.29 is 14.3 Å². The minimum atomic E-state index is -0.266. The number of hydrogen-bond acceptors (Lipinski definition) is 4. The molecule has 106 valence electrons. The van der Waals surface area contributed by atoms with Gasteiger partial charge >= 0.3 is 0 Å². The third kappa shape index (κ3) is 3.16. The fourth-order valence-corrected chi connectivity index (χ4v) is 2.62. The number of furan rings is 1. The quantitative estimate of drug-likeness (QED) is 0.886. The average molecular weight is 266 g/mol. The zero-order valence-corrected chi connectivity index (χ0v) is 11.6. The van der Waals surface area contributed by atoms with Crippen LogP contribution in [0.4, 0.5) is 0 Å². The van der Waals surface area contributed by atoms with Gasteiger partial charge in [0.15, 0.2) is 0 Å². The highest BCUT2D eigenvalue weighted by Crippen LogP contribution is 2.21. The number of carbonyl (C=O) groups excluding carboxylic acids is 1. The van der Waals surface area contributed by atoms with Crippen molar-refractivity contribution in [2.24, 2.45) is 0 Å². The molecule has 0 aromatic carbocycles. The Balaban J connectivity index is 2.20. The fraction of sp³-hybridized carbons (Fsp3) is 0.643. The molecule has 19 heavy (non-hydrogen) atoms. The summed E-state index contributed by atoms with van der Waals surface area (Å²) in [6.45, 7) is 3.51. The van der Waals surface area contributed by atoms with Crippen LogP contribution in [0.5, 0.6) is 0 Å². The Hall–Kier alpha value is -1.33. The molecule has 2 unspecified atom stereocenters. The van der Waals surface area contributed by atoms with Gasteiger partial charge in [0.05, 0.1) is 18.8 Å². The topological polar surface area (TPSA) is 56.9 Å². The summed E-state index contributed by atoms with van der Waals surface area (Å²) < 4.78 is 5.38. The number of carbonyl (C=O) groups is 1. The van der Waals surface area contributed by atoms with E-state index in [1.54, 1.807) is 11.2 Å². The maximum Gasteiger partial charge on any atom is 0.239 e. The molecule has 5 nitrogen and oxygen atoms in total. The van der Waals surface area contributed by atoms with Crippen LogP contribution >= 0.6 is 0 Å². The molecule has 1 aromatic rings. The smallest absolute Gasteiger partial charge is 0.239 e. The van der Waals surface area contributed by atoms with Crippen LogP contribution < -0.4 is 0 Å². The molecule has 0 aliphatic carbocycles. The first-order valence-corrected chi connectivity index (χ1v) is 6.77. The van der Waals surface area contributed by atoms with Gasteiger partial charge in [-0.05, 0) is 31.9 Å². The van der Waals surface area contributed by atoms with Crippen LogP contribution in [0.15, 0.2) is 22.8 Å². The van der Waals surface area contributed by atoms with Gasteiger partial charge in [0, 0.05) is 26.2 Å². The van der Waals surface area contributed by atoms with Crippen molar-refractivity contribution in [1.82, 2.24) is 9.80 Å². The molecule has 1 aromatic heterocycles. The van der Waals surface area contributed by atoms with E-state index in [9.17, 15) is 9.90 Å². The maximum absolute atomic E-state index is 12.4. The summed E-state index contributed by atoms with van der Waals surface area (Å²) in [6, 6.07) is 3.79. The predicted molar refractivity (Wildman–Crippen MR) is 71.5 cm³/mol. The number of hydrogen-bond donors (Lipinski definition) is 1. The van der Waals surface area contributed by atoms with E-state index in [0.29, 0.717) is 13.0 Å². The van der Waals surface area contributed by atoms with Gasteiger partial charge < -0.3 is 14.4 Å². The first kappa shape index (κ1) is 14.1. The molecule has 2 atom stereocenters. The van der Waals surface area contributed by atoms with Crippen LogP contribution in [0.2, 0.25) is 0 Å². The first-order chi connectivity index (χ1) is 9.13. The summed E-state index contributed by atoms with van der Waals surface area (Å²) in [5.41, 5.74) is 0. The molecule has 1 aliphatic heterocycles. The SMILES string of the molecule is CC1CCN(C)C(=O)C(CCO)N1Cc1ccco1. The lowest BCUT2D eigenvalue weighted by molar-refractivity contribution is -0.135. The molecule has 1 saturated heterocycles. The molecule has 0 radical (unpaired) electrons. The number of aliphatic hydroxyl groups is 1. The number of rotatable bonds is 4. The zero-order valence-electron chi connectivity index (χ0n) is 11.6. The third-order valence-electron chi connectivity index (χ3n) is 3.83. The van der Waals surface area contributed by atoms with Gasteiger partial charge in [-0.15, -0.1) is 0 Å². The van der Waals surface area contributed by atoms with E-state index in [1.165, 1.54) is 0 Å². The molecular formula is C14H22N2O3. The van der Waals surface area contributed by atoms with Crippen LogP contribution in [-0.4, -0.2) is 53.1 Å². The fourth-order valence-electron chi connectivity index (χ4n) is 2.62. The van der Waals surface area contributed by atoms with E-state index < -0.39 is 0 Å². The molecule has 2 heterocycles. The normalized spacial score (nSPS) is 25.6. The molecule has 2 rings (SSSR count). The molecule has 1 aliphatic rings. The number of nitrogens with zero attached hydrogens (tertiary/aromatic N) is 2. The standard InChI is InChI=1S/C14H22N2O3/c1-11-5-7-15(2)14(18)13(6-8-17)16(11)10-12-4-3-9-19-12/h3-4,9,11,13,17H,5-8,10H2,1-2H3. The summed E-state index contributed by atoms with van der Waals surface area (Å²) in [5.74, 6) is 0.942. The Bertz CT molecular complexity index is 405. The monoisotopic (exact) mass is 266 g/mol.